The molecule has 0 saturated heterocycles. The fourth-order valence-electron chi connectivity index (χ4n) is 1.60. The first-order valence-corrected chi connectivity index (χ1v) is 6.37. The Hall–Kier alpha value is -0.820. The maximum Gasteiger partial charge on any atom is 0.0431 e. The molecule has 0 fully saturated rings. The molecule has 0 saturated carbocycles. The zero-order valence-corrected chi connectivity index (χ0v) is 10.6. The predicted molar refractivity (Wildman–Crippen MR) is 72.5 cm³/mol. The molecule has 1 N–H and O–H groups in total. The summed E-state index contributed by atoms with van der Waals surface area (Å²) in [4.78, 5) is 0. The van der Waals surface area contributed by atoms with Crippen molar-refractivity contribution >= 4 is 0 Å². The van der Waals surface area contributed by atoms with Crippen molar-refractivity contribution in [2.24, 2.45) is 0 Å². The second kappa shape index (κ2) is 12.3. The largest absolute Gasteiger partial charge is 0.396 e. The van der Waals surface area contributed by atoms with E-state index in [1.54, 1.807) is 6.08 Å². The van der Waals surface area contributed by atoms with Crippen molar-refractivity contribution in [2.75, 3.05) is 6.61 Å². The molecule has 16 heavy (non-hydrogen) atoms. The van der Waals surface area contributed by atoms with Gasteiger partial charge in [-0.3, -0.25) is 0 Å². The monoisotopic (exact) mass is 222 g/mol. The van der Waals surface area contributed by atoms with Gasteiger partial charge in [-0.2, -0.15) is 0 Å². The highest BCUT2D eigenvalue weighted by Crippen LogP contribution is 2.11. The number of aliphatic hydroxyl groups is 1. The van der Waals surface area contributed by atoms with E-state index in [1.807, 2.05) is 12.2 Å². The average Bonchev–Trinajstić information content (AvgIpc) is 2.28. The molecule has 92 valence electrons. The Morgan fingerprint density at radius 2 is 1.62 bits per heavy atom. The van der Waals surface area contributed by atoms with E-state index in [0.29, 0.717) is 6.61 Å². The first-order valence-electron chi connectivity index (χ1n) is 6.37. The van der Waals surface area contributed by atoms with Crippen LogP contribution in [-0.2, 0) is 0 Å². The first-order chi connectivity index (χ1) is 7.81. The summed E-state index contributed by atoms with van der Waals surface area (Å²) in [6.07, 6.45) is 16.4. The molecule has 0 aliphatic heterocycles. The lowest BCUT2D eigenvalue weighted by atomic mass is 10.1. The maximum absolute atomic E-state index is 8.62. The molecule has 0 aliphatic carbocycles. The van der Waals surface area contributed by atoms with Gasteiger partial charge in [0, 0.05) is 6.61 Å². The van der Waals surface area contributed by atoms with Crippen molar-refractivity contribution in [3.05, 3.63) is 36.5 Å². The molecule has 0 atom stereocenters. The maximum atomic E-state index is 8.62. The van der Waals surface area contributed by atoms with E-state index in [1.165, 1.54) is 44.1 Å². The minimum atomic E-state index is 0.345. The standard InChI is InChI=1S/C15H26O/c1-3-4-9-12-15(2)13-10-7-5-6-8-11-14-16/h3-4,9,12,16H,1,5-8,10-11,13-14H2,2H3/b9-4-,15-12+. The summed E-state index contributed by atoms with van der Waals surface area (Å²) >= 11 is 0. The minimum Gasteiger partial charge on any atom is -0.396 e. The van der Waals surface area contributed by atoms with E-state index >= 15 is 0 Å². The van der Waals surface area contributed by atoms with Crippen LogP contribution in [0.5, 0.6) is 0 Å². The summed E-state index contributed by atoms with van der Waals surface area (Å²) in [6.45, 7) is 6.16. The molecule has 1 heteroatoms. The number of hydrogen-bond acceptors (Lipinski definition) is 1. The molecule has 0 radical (unpaired) electrons. The fourth-order valence-corrected chi connectivity index (χ4v) is 1.60. The van der Waals surface area contributed by atoms with Crippen LogP contribution >= 0.6 is 0 Å². The van der Waals surface area contributed by atoms with E-state index in [9.17, 15) is 0 Å². The summed E-state index contributed by atoms with van der Waals surface area (Å²) in [5, 5.41) is 8.62. The molecular formula is C15H26O. The van der Waals surface area contributed by atoms with Crippen LogP contribution in [0.15, 0.2) is 36.5 Å². The molecule has 0 bridgehead atoms. The molecular weight excluding hydrogens is 196 g/mol. The van der Waals surface area contributed by atoms with Gasteiger partial charge in [-0.1, -0.05) is 62.1 Å². The quantitative estimate of drug-likeness (QED) is 0.429. The number of unbranched alkanes of at least 4 members (excludes halogenated alkanes) is 5. The van der Waals surface area contributed by atoms with Gasteiger partial charge in [-0.05, 0) is 26.2 Å². The summed E-state index contributed by atoms with van der Waals surface area (Å²) in [5.74, 6) is 0. The summed E-state index contributed by atoms with van der Waals surface area (Å²) < 4.78 is 0. The molecule has 0 rings (SSSR count). The second-order valence-electron chi connectivity index (χ2n) is 4.23. The highest BCUT2D eigenvalue weighted by atomic mass is 16.2. The van der Waals surface area contributed by atoms with Crippen LogP contribution in [0.25, 0.3) is 0 Å². The van der Waals surface area contributed by atoms with E-state index in [2.05, 4.69) is 19.6 Å². The first kappa shape index (κ1) is 15.2. The third-order valence-corrected chi connectivity index (χ3v) is 2.61. The smallest absolute Gasteiger partial charge is 0.0431 e. The van der Waals surface area contributed by atoms with Gasteiger partial charge in [-0.15, -0.1) is 0 Å². The van der Waals surface area contributed by atoms with Gasteiger partial charge < -0.3 is 5.11 Å². The van der Waals surface area contributed by atoms with Crippen molar-refractivity contribution in [1.29, 1.82) is 0 Å². The topological polar surface area (TPSA) is 20.2 Å². The Labute approximate surface area is 101 Å². The van der Waals surface area contributed by atoms with Crippen molar-refractivity contribution in [2.45, 2.75) is 51.9 Å². The van der Waals surface area contributed by atoms with Crippen LogP contribution in [-0.4, -0.2) is 11.7 Å². The Bertz CT molecular complexity index is 213. The summed E-state index contributed by atoms with van der Waals surface area (Å²) in [6, 6.07) is 0. The van der Waals surface area contributed by atoms with Gasteiger partial charge in [-0.25, -0.2) is 0 Å². The van der Waals surface area contributed by atoms with Gasteiger partial charge in [0.15, 0.2) is 0 Å². The van der Waals surface area contributed by atoms with E-state index < -0.39 is 0 Å². The van der Waals surface area contributed by atoms with Gasteiger partial charge >= 0.3 is 0 Å². The van der Waals surface area contributed by atoms with Crippen LogP contribution in [0, 0.1) is 0 Å². The minimum absolute atomic E-state index is 0.345. The molecule has 1 nitrogen and oxygen atoms in total. The molecule has 0 amide bonds. The normalized spacial score (nSPS) is 12.2. The van der Waals surface area contributed by atoms with Gasteiger partial charge in [0.1, 0.15) is 0 Å². The number of rotatable bonds is 10. The fraction of sp³-hybridized carbons (Fsp3) is 0.600. The van der Waals surface area contributed by atoms with Gasteiger partial charge in [0.25, 0.3) is 0 Å². The average molecular weight is 222 g/mol. The molecule has 0 spiro atoms. The lowest BCUT2D eigenvalue weighted by Gasteiger charge is -2.01. The molecule has 0 aromatic rings. The molecule has 0 aromatic carbocycles. The van der Waals surface area contributed by atoms with Gasteiger partial charge in [0.05, 0.1) is 0 Å². The number of hydrogen-bond donors (Lipinski definition) is 1. The number of allylic oxidation sites excluding steroid dienone is 5. The van der Waals surface area contributed by atoms with Gasteiger partial charge in [0.2, 0.25) is 0 Å². The second-order valence-corrected chi connectivity index (χ2v) is 4.23. The Balaban J connectivity index is 3.33. The van der Waals surface area contributed by atoms with Crippen molar-refractivity contribution in [3.8, 4) is 0 Å². The third kappa shape index (κ3) is 11.3. The van der Waals surface area contributed by atoms with Crippen molar-refractivity contribution < 1.29 is 5.11 Å². The van der Waals surface area contributed by atoms with E-state index in [0.717, 1.165) is 6.42 Å². The Morgan fingerprint density at radius 3 is 2.25 bits per heavy atom. The lowest BCUT2D eigenvalue weighted by molar-refractivity contribution is 0.282. The highest BCUT2D eigenvalue weighted by molar-refractivity contribution is 5.13. The molecule has 0 heterocycles. The molecule has 0 aliphatic rings. The highest BCUT2D eigenvalue weighted by Gasteiger charge is 1.92. The zero-order valence-electron chi connectivity index (χ0n) is 10.6. The van der Waals surface area contributed by atoms with Crippen LogP contribution in [0.3, 0.4) is 0 Å². The van der Waals surface area contributed by atoms with E-state index in [-0.39, 0.29) is 0 Å². The van der Waals surface area contributed by atoms with Crippen LogP contribution in [0.1, 0.15) is 51.9 Å². The van der Waals surface area contributed by atoms with Crippen LogP contribution in [0.2, 0.25) is 0 Å². The Kier molecular flexibility index (Phi) is 11.6. The lowest BCUT2D eigenvalue weighted by Crippen LogP contribution is -1.84. The third-order valence-electron chi connectivity index (χ3n) is 2.61. The zero-order chi connectivity index (χ0) is 12.1. The summed E-state index contributed by atoms with van der Waals surface area (Å²) in [7, 11) is 0. The predicted octanol–water partition coefficient (Wildman–Crippen LogP) is 4.40. The summed E-state index contributed by atoms with van der Waals surface area (Å²) in [5.41, 5.74) is 1.44. The van der Waals surface area contributed by atoms with Crippen molar-refractivity contribution in [3.63, 3.8) is 0 Å². The number of aliphatic hydroxyl groups excluding tert-OH is 1. The van der Waals surface area contributed by atoms with Crippen molar-refractivity contribution in [1.82, 2.24) is 0 Å². The van der Waals surface area contributed by atoms with Crippen LogP contribution in [0.4, 0.5) is 0 Å². The van der Waals surface area contributed by atoms with E-state index in [4.69, 9.17) is 5.11 Å². The SMILES string of the molecule is C=C/C=C\C=C(/C)CCCCCCCCO. The van der Waals surface area contributed by atoms with Crippen LogP contribution < -0.4 is 0 Å². The molecule has 0 aromatic heterocycles. The Morgan fingerprint density at radius 1 is 1.00 bits per heavy atom. The molecule has 0 unspecified atom stereocenters.